The van der Waals surface area contributed by atoms with Crippen molar-refractivity contribution in [2.24, 2.45) is 0 Å². The highest BCUT2D eigenvalue weighted by Gasteiger charge is 2.05. The van der Waals surface area contributed by atoms with Crippen LogP contribution in [0.4, 0.5) is 5.69 Å². The maximum Gasteiger partial charge on any atom is 0.0443 e. The van der Waals surface area contributed by atoms with Gasteiger partial charge in [-0.15, -0.1) is 11.3 Å². The predicted molar refractivity (Wildman–Crippen MR) is 58.7 cm³/mol. The van der Waals surface area contributed by atoms with E-state index in [4.69, 9.17) is 5.73 Å². The van der Waals surface area contributed by atoms with Crippen LogP contribution >= 0.6 is 27.3 Å². The SMILES string of the molecule is Cc1c(Br)cc2sccc2c1N. The van der Waals surface area contributed by atoms with Crippen LogP contribution in [-0.2, 0) is 0 Å². The van der Waals surface area contributed by atoms with Crippen LogP contribution in [0.1, 0.15) is 5.56 Å². The lowest BCUT2D eigenvalue weighted by Gasteiger charge is -2.03. The van der Waals surface area contributed by atoms with Crippen LogP contribution in [0.25, 0.3) is 10.1 Å². The summed E-state index contributed by atoms with van der Waals surface area (Å²) in [7, 11) is 0. The van der Waals surface area contributed by atoms with Crippen molar-refractivity contribution in [1.82, 2.24) is 0 Å². The van der Waals surface area contributed by atoms with Crippen LogP contribution in [0.2, 0.25) is 0 Å². The zero-order chi connectivity index (χ0) is 8.72. The molecule has 1 nitrogen and oxygen atoms in total. The topological polar surface area (TPSA) is 26.0 Å². The van der Waals surface area contributed by atoms with E-state index in [1.807, 2.05) is 6.92 Å². The van der Waals surface area contributed by atoms with Crippen molar-refractivity contribution in [3.63, 3.8) is 0 Å². The van der Waals surface area contributed by atoms with Gasteiger partial charge in [-0.25, -0.2) is 0 Å². The molecular weight excluding hydrogens is 234 g/mol. The molecule has 3 heteroatoms. The van der Waals surface area contributed by atoms with Gasteiger partial charge >= 0.3 is 0 Å². The minimum atomic E-state index is 0.889. The molecule has 0 saturated heterocycles. The fourth-order valence-corrected chi connectivity index (χ4v) is 2.64. The van der Waals surface area contributed by atoms with E-state index in [0.717, 1.165) is 15.7 Å². The number of nitrogens with two attached hydrogens (primary N) is 1. The standard InChI is InChI=1S/C9H8BrNS/c1-5-7(10)4-8-6(9(5)11)2-3-12-8/h2-4H,11H2,1H3. The van der Waals surface area contributed by atoms with Gasteiger partial charge in [0.1, 0.15) is 0 Å². The summed E-state index contributed by atoms with van der Waals surface area (Å²) in [4.78, 5) is 0. The summed E-state index contributed by atoms with van der Waals surface area (Å²) in [6.45, 7) is 2.02. The van der Waals surface area contributed by atoms with Gasteiger partial charge in [0.2, 0.25) is 0 Å². The minimum absolute atomic E-state index is 0.889. The quantitative estimate of drug-likeness (QED) is 0.702. The average molecular weight is 242 g/mol. The molecular formula is C9H8BrNS. The third kappa shape index (κ3) is 1.04. The molecule has 62 valence electrons. The van der Waals surface area contributed by atoms with E-state index >= 15 is 0 Å². The lowest BCUT2D eigenvalue weighted by atomic mass is 10.1. The van der Waals surface area contributed by atoms with Crippen molar-refractivity contribution in [2.75, 3.05) is 5.73 Å². The number of benzene rings is 1. The molecule has 0 aliphatic carbocycles. The predicted octanol–water partition coefficient (Wildman–Crippen LogP) is 3.55. The normalized spacial score (nSPS) is 10.8. The van der Waals surface area contributed by atoms with E-state index in [9.17, 15) is 0 Å². The summed E-state index contributed by atoms with van der Waals surface area (Å²) >= 11 is 5.19. The molecule has 0 unspecified atom stereocenters. The Morgan fingerprint density at radius 2 is 2.25 bits per heavy atom. The number of anilines is 1. The number of fused-ring (bicyclic) bond motifs is 1. The zero-order valence-corrected chi connectivity index (χ0v) is 9.00. The van der Waals surface area contributed by atoms with E-state index in [1.165, 1.54) is 10.1 Å². The van der Waals surface area contributed by atoms with Crippen molar-refractivity contribution < 1.29 is 0 Å². The van der Waals surface area contributed by atoms with Crippen molar-refractivity contribution in [1.29, 1.82) is 0 Å². The van der Waals surface area contributed by atoms with Crippen LogP contribution in [0, 0.1) is 6.92 Å². The molecule has 0 aliphatic rings. The van der Waals surface area contributed by atoms with Gasteiger partial charge in [-0.3, -0.25) is 0 Å². The van der Waals surface area contributed by atoms with E-state index in [1.54, 1.807) is 11.3 Å². The summed E-state index contributed by atoms with van der Waals surface area (Å²) in [6, 6.07) is 4.18. The van der Waals surface area contributed by atoms with Gasteiger partial charge in [-0.1, -0.05) is 15.9 Å². The smallest absolute Gasteiger partial charge is 0.0443 e. The molecule has 1 aromatic heterocycles. The zero-order valence-electron chi connectivity index (χ0n) is 6.60. The second-order valence-corrected chi connectivity index (χ2v) is 4.53. The summed E-state index contributed by atoms with van der Waals surface area (Å²) in [5.74, 6) is 0. The van der Waals surface area contributed by atoms with Crippen molar-refractivity contribution in [3.05, 3.63) is 27.5 Å². The lowest BCUT2D eigenvalue weighted by molar-refractivity contribution is 1.47. The Labute approximate surface area is 83.3 Å². The van der Waals surface area contributed by atoms with E-state index in [2.05, 4.69) is 33.4 Å². The molecule has 2 rings (SSSR count). The summed E-state index contributed by atoms with van der Waals surface area (Å²) in [6.07, 6.45) is 0. The fraction of sp³-hybridized carbons (Fsp3) is 0.111. The van der Waals surface area contributed by atoms with Crippen LogP contribution in [0.15, 0.2) is 22.0 Å². The summed E-state index contributed by atoms with van der Waals surface area (Å²) < 4.78 is 2.33. The van der Waals surface area contributed by atoms with Gasteiger partial charge in [0.15, 0.2) is 0 Å². The third-order valence-electron chi connectivity index (χ3n) is 2.01. The molecule has 0 spiro atoms. The lowest BCUT2D eigenvalue weighted by Crippen LogP contribution is -1.90. The van der Waals surface area contributed by atoms with E-state index in [-0.39, 0.29) is 0 Å². The Balaban J connectivity index is 2.94. The van der Waals surface area contributed by atoms with Crippen LogP contribution in [-0.4, -0.2) is 0 Å². The highest BCUT2D eigenvalue weighted by Crippen LogP contribution is 2.33. The summed E-state index contributed by atoms with van der Waals surface area (Å²) in [5, 5.41) is 3.23. The van der Waals surface area contributed by atoms with Gasteiger partial charge in [0.25, 0.3) is 0 Å². The molecule has 12 heavy (non-hydrogen) atoms. The fourth-order valence-electron chi connectivity index (χ4n) is 1.21. The van der Waals surface area contributed by atoms with Crippen molar-refractivity contribution in [3.8, 4) is 0 Å². The van der Waals surface area contributed by atoms with Gasteiger partial charge < -0.3 is 5.73 Å². The number of nitrogen functional groups attached to an aromatic ring is 1. The molecule has 0 radical (unpaired) electrons. The number of hydrogen-bond donors (Lipinski definition) is 1. The monoisotopic (exact) mass is 241 g/mol. The van der Waals surface area contributed by atoms with Gasteiger partial charge in [0.05, 0.1) is 0 Å². The molecule has 1 heterocycles. The maximum absolute atomic E-state index is 5.94. The van der Waals surface area contributed by atoms with E-state index < -0.39 is 0 Å². The molecule has 2 N–H and O–H groups in total. The Kier molecular flexibility index (Phi) is 1.85. The summed E-state index contributed by atoms with van der Waals surface area (Å²) in [5.41, 5.74) is 7.96. The van der Waals surface area contributed by atoms with Crippen molar-refractivity contribution >= 4 is 43.0 Å². The molecule has 0 fully saturated rings. The van der Waals surface area contributed by atoms with E-state index in [0.29, 0.717) is 0 Å². The Morgan fingerprint density at radius 1 is 1.50 bits per heavy atom. The molecule has 0 saturated carbocycles. The third-order valence-corrected chi connectivity index (χ3v) is 3.69. The second-order valence-electron chi connectivity index (χ2n) is 2.73. The molecule has 0 aliphatic heterocycles. The largest absolute Gasteiger partial charge is 0.398 e. The molecule has 0 atom stereocenters. The first-order valence-corrected chi connectivity index (χ1v) is 5.29. The van der Waals surface area contributed by atoms with Gasteiger partial charge in [0, 0.05) is 20.2 Å². The first kappa shape index (κ1) is 8.08. The Bertz CT molecular complexity index is 433. The number of hydrogen-bond acceptors (Lipinski definition) is 2. The first-order valence-electron chi connectivity index (χ1n) is 3.62. The average Bonchev–Trinajstić information content (AvgIpc) is 2.48. The molecule has 1 aromatic carbocycles. The first-order chi connectivity index (χ1) is 5.70. The number of halogens is 1. The maximum atomic E-state index is 5.94. The van der Waals surface area contributed by atoms with Crippen LogP contribution in [0.3, 0.4) is 0 Å². The highest BCUT2D eigenvalue weighted by molar-refractivity contribution is 9.10. The minimum Gasteiger partial charge on any atom is -0.398 e. The van der Waals surface area contributed by atoms with Gasteiger partial charge in [-0.05, 0) is 30.0 Å². The Morgan fingerprint density at radius 3 is 3.00 bits per heavy atom. The van der Waals surface area contributed by atoms with Crippen LogP contribution < -0.4 is 5.73 Å². The van der Waals surface area contributed by atoms with Crippen LogP contribution in [0.5, 0.6) is 0 Å². The van der Waals surface area contributed by atoms with Crippen molar-refractivity contribution in [2.45, 2.75) is 6.92 Å². The number of rotatable bonds is 0. The highest BCUT2D eigenvalue weighted by atomic mass is 79.9. The second kappa shape index (κ2) is 2.75. The molecule has 2 aromatic rings. The van der Waals surface area contributed by atoms with Gasteiger partial charge in [-0.2, -0.15) is 0 Å². The molecule has 0 bridgehead atoms. The number of thiophene rings is 1. The Hall–Kier alpha value is -0.540. The molecule has 0 amide bonds.